The van der Waals surface area contributed by atoms with E-state index in [0.717, 1.165) is 56.4 Å². The first-order valence-electron chi connectivity index (χ1n) is 7.87. The Kier molecular flexibility index (Phi) is 5.22. The van der Waals surface area contributed by atoms with Crippen LogP contribution < -0.4 is 10.5 Å². The molecular weight excluding hydrogens is 294 g/mol. The molecule has 0 radical (unpaired) electrons. The zero-order chi connectivity index (χ0) is 16.1. The molecule has 23 heavy (non-hydrogen) atoms. The minimum Gasteiger partial charge on any atom is -0.497 e. The first kappa shape index (κ1) is 15.9. The van der Waals surface area contributed by atoms with E-state index in [1.165, 1.54) is 0 Å². The van der Waals surface area contributed by atoms with Gasteiger partial charge in [0.25, 0.3) is 0 Å². The summed E-state index contributed by atoms with van der Waals surface area (Å²) in [4.78, 5) is 6.90. The summed E-state index contributed by atoms with van der Waals surface area (Å²) in [6, 6.07) is 7.32. The average molecular weight is 317 g/mol. The molecule has 1 aromatic heterocycles. The minimum atomic E-state index is -0.339. The van der Waals surface area contributed by atoms with Crippen LogP contribution in [0, 0.1) is 0 Å². The molecule has 0 amide bonds. The monoisotopic (exact) mass is 317 g/mol. The van der Waals surface area contributed by atoms with Gasteiger partial charge in [-0.25, -0.2) is 4.98 Å². The summed E-state index contributed by atoms with van der Waals surface area (Å²) >= 11 is 0. The summed E-state index contributed by atoms with van der Waals surface area (Å²) in [5, 5.41) is 7.26. The molecule has 1 aliphatic heterocycles. The van der Waals surface area contributed by atoms with Gasteiger partial charge < -0.3 is 15.2 Å². The minimum absolute atomic E-state index is 0.339. The molecule has 1 atom stereocenters. The molecule has 0 aliphatic carbocycles. The van der Waals surface area contributed by atoms with Crippen molar-refractivity contribution in [1.82, 2.24) is 20.1 Å². The number of benzene rings is 1. The normalized spacial score (nSPS) is 17.1. The Morgan fingerprint density at radius 3 is 2.74 bits per heavy atom. The van der Waals surface area contributed by atoms with E-state index in [2.05, 4.69) is 20.1 Å². The SMILES string of the molecule is COc1ccc(C(N)c2n[nH]c(CCN3CCOCC3)n2)cc1. The van der Waals surface area contributed by atoms with E-state index in [9.17, 15) is 0 Å². The molecule has 2 aromatic rings. The zero-order valence-electron chi connectivity index (χ0n) is 13.4. The molecule has 1 aliphatic rings. The summed E-state index contributed by atoms with van der Waals surface area (Å²) < 4.78 is 10.5. The van der Waals surface area contributed by atoms with Crippen molar-refractivity contribution in [2.75, 3.05) is 40.0 Å². The number of hydrogen-bond donors (Lipinski definition) is 2. The largest absolute Gasteiger partial charge is 0.497 e. The smallest absolute Gasteiger partial charge is 0.171 e. The van der Waals surface area contributed by atoms with E-state index >= 15 is 0 Å². The lowest BCUT2D eigenvalue weighted by atomic mass is 10.1. The van der Waals surface area contributed by atoms with Crippen LogP contribution in [0.1, 0.15) is 23.3 Å². The second-order valence-electron chi connectivity index (χ2n) is 5.60. The van der Waals surface area contributed by atoms with Gasteiger partial charge in [-0.1, -0.05) is 12.1 Å². The van der Waals surface area contributed by atoms with Crippen LogP contribution in [-0.4, -0.2) is 60.0 Å². The lowest BCUT2D eigenvalue weighted by Gasteiger charge is -2.25. The van der Waals surface area contributed by atoms with Gasteiger partial charge in [0.1, 0.15) is 11.6 Å². The van der Waals surface area contributed by atoms with Crippen LogP contribution in [-0.2, 0) is 11.2 Å². The van der Waals surface area contributed by atoms with Crippen LogP contribution in [0.4, 0.5) is 0 Å². The van der Waals surface area contributed by atoms with Gasteiger partial charge in [0.05, 0.1) is 26.4 Å². The Morgan fingerprint density at radius 2 is 2.04 bits per heavy atom. The fraction of sp³-hybridized carbons (Fsp3) is 0.500. The molecular formula is C16H23N5O2. The third-order valence-electron chi connectivity index (χ3n) is 4.07. The molecule has 7 heteroatoms. The second kappa shape index (κ2) is 7.54. The molecule has 1 unspecified atom stereocenters. The molecule has 2 heterocycles. The highest BCUT2D eigenvalue weighted by Crippen LogP contribution is 2.19. The van der Waals surface area contributed by atoms with Crippen LogP contribution in [0.3, 0.4) is 0 Å². The number of hydrogen-bond acceptors (Lipinski definition) is 6. The predicted molar refractivity (Wildman–Crippen MR) is 86.4 cm³/mol. The van der Waals surface area contributed by atoms with Gasteiger partial charge >= 0.3 is 0 Å². The highest BCUT2D eigenvalue weighted by molar-refractivity contribution is 5.31. The zero-order valence-corrected chi connectivity index (χ0v) is 13.4. The fourth-order valence-electron chi connectivity index (χ4n) is 2.61. The van der Waals surface area contributed by atoms with Gasteiger partial charge in [0, 0.05) is 26.1 Å². The van der Waals surface area contributed by atoms with Gasteiger partial charge in [-0.3, -0.25) is 10.00 Å². The number of nitrogens with zero attached hydrogens (tertiary/aromatic N) is 3. The van der Waals surface area contributed by atoms with Crippen molar-refractivity contribution < 1.29 is 9.47 Å². The maximum atomic E-state index is 6.25. The van der Waals surface area contributed by atoms with E-state index in [0.29, 0.717) is 5.82 Å². The summed E-state index contributed by atoms with van der Waals surface area (Å²) in [6.07, 6.45) is 0.836. The number of methoxy groups -OCH3 is 1. The number of nitrogens with two attached hydrogens (primary N) is 1. The molecule has 0 bridgehead atoms. The van der Waals surface area contributed by atoms with Crippen LogP contribution in [0.5, 0.6) is 5.75 Å². The number of morpholine rings is 1. The maximum Gasteiger partial charge on any atom is 0.171 e. The van der Waals surface area contributed by atoms with Crippen molar-refractivity contribution in [3.05, 3.63) is 41.5 Å². The van der Waals surface area contributed by atoms with Crippen LogP contribution >= 0.6 is 0 Å². The number of ether oxygens (including phenoxy) is 2. The summed E-state index contributed by atoms with van der Waals surface area (Å²) in [5.74, 6) is 2.30. The molecule has 1 fully saturated rings. The van der Waals surface area contributed by atoms with Crippen molar-refractivity contribution in [1.29, 1.82) is 0 Å². The topological polar surface area (TPSA) is 89.3 Å². The van der Waals surface area contributed by atoms with Crippen LogP contribution in [0.15, 0.2) is 24.3 Å². The molecule has 7 nitrogen and oxygen atoms in total. The van der Waals surface area contributed by atoms with Crippen molar-refractivity contribution >= 4 is 0 Å². The van der Waals surface area contributed by atoms with Gasteiger partial charge in [0.15, 0.2) is 5.82 Å². The quantitative estimate of drug-likeness (QED) is 0.817. The van der Waals surface area contributed by atoms with Crippen molar-refractivity contribution in [2.45, 2.75) is 12.5 Å². The Hall–Kier alpha value is -1.96. The Morgan fingerprint density at radius 1 is 1.30 bits per heavy atom. The van der Waals surface area contributed by atoms with Crippen LogP contribution in [0.25, 0.3) is 0 Å². The summed E-state index contributed by atoms with van der Waals surface area (Å²) in [6.45, 7) is 4.53. The third kappa shape index (κ3) is 4.07. The van der Waals surface area contributed by atoms with Gasteiger partial charge in [-0.15, -0.1) is 0 Å². The van der Waals surface area contributed by atoms with E-state index in [-0.39, 0.29) is 6.04 Å². The molecule has 1 aromatic carbocycles. The first-order chi connectivity index (χ1) is 11.3. The van der Waals surface area contributed by atoms with E-state index in [1.807, 2.05) is 24.3 Å². The lowest BCUT2D eigenvalue weighted by molar-refractivity contribution is 0.0382. The lowest BCUT2D eigenvalue weighted by Crippen LogP contribution is -2.37. The Bertz CT molecular complexity index is 607. The molecule has 3 N–H and O–H groups in total. The standard InChI is InChI=1S/C16H23N5O2/c1-22-13-4-2-12(3-5-13)15(17)16-18-14(19-20-16)6-7-21-8-10-23-11-9-21/h2-5,15H,6-11,17H2,1H3,(H,18,19,20). The molecule has 124 valence electrons. The maximum absolute atomic E-state index is 6.25. The highest BCUT2D eigenvalue weighted by atomic mass is 16.5. The highest BCUT2D eigenvalue weighted by Gasteiger charge is 2.16. The van der Waals surface area contributed by atoms with Crippen molar-refractivity contribution in [2.24, 2.45) is 5.73 Å². The number of rotatable bonds is 6. The molecule has 0 saturated carbocycles. The first-order valence-corrected chi connectivity index (χ1v) is 7.87. The number of H-pyrrole nitrogens is 1. The van der Waals surface area contributed by atoms with Gasteiger partial charge in [0.2, 0.25) is 0 Å². The number of aromatic amines is 1. The molecule has 3 rings (SSSR count). The molecule has 1 saturated heterocycles. The molecule has 0 spiro atoms. The number of nitrogens with one attached hydrogen (secondary N) is 1. The van der Waals surface area contributed by atoms with Crippen LogP contribution in [0.2, 0.25) is 0 Å². The van der Waals surface area contributed by atoms with Crippen molar-refractivity contribution in [3.8, 4) is 5.75 Å². The van der Waals surface area contributed by atoms with Gasteiger partial charge in [-0.05, 0) is 17.7 Å². The third-order valence-corrected chi connectivity index (χ3v) is 4.07. The number of aromatic nitrogens is 3. The Balaban J connectivity index is 1.58. The van der Waals surface area contributed by atoms with E-state index in [4.69, 9.17) is 15.2 Å². The second-order valence-corrected chi connectivity index (χ2v) is 5.60. The fourth-order valence-corrected chi connectivity index (χ4v) is 2.61. The summed E-state index contributed by atoms with van der Waals surface area (Å²) in [7, 11) is 1.64. The van der Waals surface area contributed by atoms with E-state index < -0.39 is 0 Å². The van der Waals surface area contributed by atoms with Crippen molar-refractivity contribution in [3.63, 3.8) is 0 Å². The predicted octanol–water partition coefficient (Wildman–Crippen LogP) is 0.736. The Labute approximate surface area is 135 Å². The van der Waals surface area contributed by atoms with E-state index in [1.54, 1.807) is 7.11 Å². The average Bonchev–Trinajstić information content (AvgIpc) is 3.09. The van der Waals surface area contributed by atoms with Gasteiger partial charge in [-0.2, -0.15) is 5.10 Å². The summed E-state index contributed by atoms with van der Waals surface area (Å²) in [5.41, 5.74) is 7.21.